The van der Waals surface area contributed by atoms with Crippen LogP contribution in [0.15, 0.2) is 95.9 Å². The molecular weight excluding hydrogens is 408 g/mol. The Morgan fingerprint density at radius 2 is 1.39 bits per heavy atom. The highest BCUT2D eigenvalue weighted by Crippen LogP contribution is 2.46. The summed E-state index contributed by atoms with van der Waals surface area (Å²) in [7, 11) is -2.07. The third kappa shape index (κ3) is 3.54. The number of hydrogen-bond donors (Lipinski definition) is 2. The molecule has 1 aliphatic rings. The largest absolute Gasteiger partial charge is 0.497 e. The van der Waals surface area contributed by atoms with Crippen molar-refractivity contribution in [2.45, 2.75) is 17.0 Å². The summed E-state index contributed by atoms with van der Waals surface area (Å²) in [5.41, 5.74) is 2.93. The molecule has 2 N–H and O–H groups in total. The minimum absolute atomic E-state index is 0.251. The predicted molar refractivity (Wildman–Crippen MR) is 123 cm³/mol. The molecule has 4 aromatic rings. The van der Waals surface area contributed by atoms with Crippen LogP contribution in [-0.2, 0) is 10.0 Å². The Hall–Kier alpha value is -3.35. The van der Waals surface area contributed by atoms with E-state index < -0.39 is 16.1 Å². The molecule has 5 nitrogen and oxygen atoms in total. The molecule has 1 aliphatic carbocycles. The van der Waals surface area contributed by atoms with E-state index in [9.17, 15) is 8.42 Å². The van der Waals surface area contributed by atoms with Crippen LogP contribution in [0.5, 0.6) is 5.75 Å². The molecule has 2 atom stereocenters. The van der Waals surface area contributed by atoms with Crippen molar-refractivity contribution in [2.24, 2.45) is 0 Å². The van der Waals surface area contributed by atoms with Gasteiger partial charge >= 0.3 is 0 Å². The number of hydrogen-bond acceptors (Lipinski definition) is 4. The van der Waals surface area contributed by atoms with Crippen LogP contribution in [0.1, 0.15) is 23.2 Å². The van der Waals surface area contributed by atoms with Crippen LogP contribution in [0.3, 0.4) is 0 Å². The van der Waals surface area contributed by atoms with E-state index in [4.69, 9.17) is 4.74 Å². The summed E-state index contributed by atoms with van der Waals surface area (Å²) in [5.74, 6) is 0.767. The van der Waals surface area contributed by atoms with Crippen LogP contribution >= 0.6 is 0 Å². The number of benzene rings is 4. The third-order valence-corrected chi connectivity index (χ3v) is 7.18. The van der Waals surface area contributed by atoms with Crippen LogP contribution in [-0.4, -0.2) is 15.5 Å². The highest BCUT2D eigenvalue weighted by Gasteiger charge is 2.37. The van der Waals surface area contributed by atoms with Crippen LogP contribution in [0.2, 0.25) is 0 Å². The number of anilines is 1. The SMILES string of the molecule is COc1ccc(N[C@@H]2c3cccc4cccc(c34)[C@@H]2NS(=O)(=O)c2ccccc2)cc1. The maximum Gasteiger partial charge on any atom is 0.241 e. The van der Waals surface area contributed by atoms with Gasteiger partial charge in [-0.05, 0) is 58.3 Å². The van der Waals surface area contributed by atoms with E-state index in [1.54, 1.807) is 37.4 Å². The molecule has 31 heavy (non-hydrogen) atoms. The van der Waals surface area contributed by atoms with Crippen LogP contribution in [0, 0.1) is 0 Å². The molecule has 0 bridgehead atoms. The highest BCUT2D eigenvalue weighted by molar-refractivity contribution is 7.89. The lowest BCUT2D eigenvalue weighted by atomic mass is 10.0. The Morgan fingerprint density at radius 1 is 0.742 bits per heavy atom. The molecule has 0 saturated carbocycles. The van der Waals surface area contributed by atoms with Crippen molar-refractivity contribution < 1.29 is 13.2 Å². The summed E-state index contributed by atoms with van der Waals surface area (Å²) >= 11 is 0. The molecule has 5 rings (SSSR count). The Morgan fingerprint density at radius 3 is 2.03 bits per heavy atom. The maximum atomic E-state index is 13.2. The van der Waals surface area contributed by atoms with E-state index in [0.717, 1.165) is 33.3 Å². The number of ether oxygens (including phenoxy) is 1. The number of rotatable bonds is 6. The van der Waals surface area contributed by atoms with E-state index in [-0.39, 0.29) is 10.9 Å². The van der Waals surface area contributed by atoms with Crippen molar-refractivity contribution in [1.29, 1.82) is 0 Å². The van der Waals surface area contributed by atoms with Crippen molar-refractivity contribution in [3.63, 3.8) is 0 Å². The molecule has 6 heteroatoms. The van der Waals surface area contributed by atoms with Crippen molar-refractivity contribution in [1.82, 2.24) is 4.72 Å². The quantitative estimate of drug-likeness (QED) is 0.450. The van der Waals surface area contributed by atoms with Crippen molar-refractivity contribution in [3.8, 4) is 5.75 Å². The second-order valence-corrected chi connectivity index (χ2v) is 9.27. The molecule has 0 unspecified atom stereocenters. The van der Waals surface area contributed by atoms with Gasteiger partial charge in [0.2, 0.25) is 10.0 Å². The normalized spacial score (nSPS) is 17.6. The van der Waals surface area contributed by atoms with Gasteiger partial charge in [-0.15, -0.1) is 0 Å². The first-order valence-electron chi connectivity index (χ1n) is 10.1. The molecule has 0 spiro atoms. The number of nitrogens with one attached hydrogen (secondary N) is 2. The van der Waals surface area contributed by atoms with Gasteiger partial charge in [-0.3, -0.25) is 0 Å². The summed E-state index contributed by atoms with van der Waals surface area (Å²) < 4.78 is 34.6. The van der Waals surface area contributed by atoms with E-state index in [1.165, 1.54) is 0 Å². The van der Waals surface area contributed by atoms with E-state index >= 15 is 0 Å². The number of methoxy groups -OCH3 is 1. The van der Waals surface area contributed by atoms with Crippen molar-refractivity contribution in [2.75, 3.05) is 12.4 Å². The van der Waals surface area contributed by atoms with E-state index in [0.29, 0.717) is 0 Å². The van der Waals surface area contributed by atoms with Gasteiger partial charge < -0.3 is 10.1 Å². The fourth-order valence-electron chi connectivity index (χ4n) is 4.27. The van der Waals surface area contributed by atoms with Gasteiger partial charge in [0.05, 0.1) is 24.1 Å². The van der Waals surface area contributed by atoms with Crippen molar-refractivity contribution in [3.05, 3.63) is 102 Å². The predicted octanol–water partition coefficient (Wildman–Crippen LogP) is 5.03. The maximum absolute atomic E-state index is 13.2. The van der Waals surface area contributed by atoms with Gasteiger partial charge in [0.15, 0.2) is 0 Å². The van der Waals surface area contributed by atoms with E-state index in [1.807, 2.05) is 42.5 Å². The van der Waals surface area contributed by atoms with Gasteiger partial charge in [-0.1, -0.05) is 54.6 Å². The first kappa shape index (κ1) is 19.6. The standard InChI is InChI=1S/C25H22N2O3S/c1-30-19-15-13-18(14-16-19)26-24-21-11-5-7-17-8-6-12-22(23(17)21)25(24)27-31(28,29)20-9-3-2-4-10-20/h2-16,24-27H,1H3/t24-,25+/m1/s1. The average Bonchev–Trinajstić information content (AvgIpc) is 3.09. The first-order valence-corrected chi connectivity index (χ1v) is 11.5. The molecule has 0 radical (unpaired) electrons. The fourth-order valence-corrected chi connectivity index (χ4v) is 5.52. The lowest BCUT2D eigenvalue weighted by Gasteiger charge is -2.25. The molecule has 0 saturated heterocycles. The highest BCUT2D eigenvalue weighted by atomic mass is 32.2. The van der Waals surface area contributed by atoms with Gasteiger partial charge in [0.25, 0.3) is 0 Å². The molecule has 0 aliphatic heterocycles. The Balaban J connectivity index is 1.57. The monoisotopic (exact) mass is 430 g/mol. The molecular formula is C25H22N2O3S. The van der Waals surface area contributed by atoms with Gasteiger partial charge in [0.1, 0.15) is 5.75 Å². The first-order chi connectivity index (χ1) is 15.1. The topological polar surface area (TPSA) is 67.4 Å². The second kappa shape index (κ2) is 7.72. The van der Waals surface area contributed by atoms with Gasteiger partial charge in [-0.25, -0.2) is 13.1 Å². The fraction of sp³-hybridized carbons (Fsp3) is 0.120. The molecule has 0 heterocycles. The zero-order valence-corrected chi connectivity index (χ0v) is 17.8. The average molecular weight is 431 g/mol. The summed E-state index contributed by atoms with van der Waals surface area (Å²) in [6.07, 6.45) is 0. The summed E-state index contributed by atoms with van der Waals surface area (Å²) in [6, 6.07) is 27.6. The lowest BCUT2D eigenvalue weighted by molar-refractivity contribution is 0.415. The van der Waals surface area contributed by atoms with E-state index in [2.05, 4.69) is 28.2 Å². The smallest absolute Gasteiger partial charge is 0.241 e. The van der Waals surface area contributed by atoms with Crippen LogP contribution in [0.25, 0.3) is 10.8 Å². The summed E-state index contributed by atoms with van der Waals surface area (Å²) in [4.78, 5) is 0.251. The minimum atomic E-state index is -3.70. The Bertz CT molecular complexity index is 1330. The zero-order valence-electron chi connectivity index (χ0n) is 16.9. The molecule has 0 fully saturated rings. The summed E-state index contributed by atoms with van der Waals surface area (Å²) in [6.45, 7) is 0. The molecule has 4 aromatic carbocycles. The lowest BCUT2D eigenvalue weighted by Crippen LogP contribution is -2.33. The summed E-state index contributed by atoms with van der Waals surface area (Å²) in [5, 5.41) is 5.73. The molecule has 156 valence electrons. The number of sulfonamides is 1. The molecule has 0 aromatic heterocycles. The second-order valence-electron chi connectivity index (χ2n) is 7.56. The zero-order chi connectivity index (χ0) is 21.4. The minimum Gasteiger partial charge on any atom is -0.497 e. The van der Waals surface area contributed by atoms with Gasteiger partial charge in [-0.2, -0.15) is 0 Å². The van der Waals surface area contributed by atoms with Crippen molar-refractivity contribution >= 4 is 26.5 Å². The van der Waals surface area contributed by atoms with Crippen LogP contribution < -0.4 is 14.8 Å². The Kier molecular flexibility index (Phi) is 4.88. The third-order valence-electron chi connectivity index (χ3n) is 5.72. The van der Waals surface area contributed by atoms with Gasteiger partial charge in [0, 0.05) is 5.69 Å². The van der Waals surface area contributed by atoms with Crippen LogP contribution in [0.4, 0.5) is 5.69 Å². The molecule has 0 amide bonds. The Labute approximate surface area is 181 Å².